The quantitative estimate of drug-likeness (QED) is 0.616. The van der Waals surface area contributed by atoms with Crippen LogP contribution in [0, 0.1) is 0 Å². The molecular formula is C11H11N3O3S. The molecule has 0 aliphatic carbocycles. The molecule has 0 radical (unpaired) electrons. The minimum absolute atomic E-state index is 0.330. The van der Waals surface area contributed by atoms with Crippen LogP contribution < -0.4 is 0 Å². The summed E-state index contributed by atoms with van der Waals surface area (Å²) in [6.45, 7) is 1.72. The third kappa shape index (κ3) is 2.86. The number of rotatable bonds is 4. The number of pyridine rings is 1. The number of methoxy groups -OCH3 is 1. The van der Waals surface area contributed by atoms with Crippen molar-refractivity contribution < 1.29 is 13.9 Å². The van der Waals surface area contributed by atoms with Crippen LogP contribution in [0.25, 0.3) is 11.5 Å². The lowest BCUT2D eigenvalue weighted by atomic mass is 10.3. The van der Waals surface area contributed by atoms with Gasteiger partial charge in [-0.1, -0.05) is 11.8 Å². The summed E-state index contributed by atoms with van der Waals surface area (Å²) < 4.78 is 10.1. The van der Waals surface area contributed by atoms with Gasteiger partial charge in [0, 0.05) is 18.0 Å². The minimum Gasteiger partial charge on any atom is -0.468 e. The number of carbonyl (C=O) groups is 1. The van der Waals surface area contributed by atoms with Gasteiger partial charge in [0.1, 0.15) is 5.25 Å². The molecule has 2 rings (SSSR count). The minimum atomic E-state index is -0.388. The lowest BCUT2D eigenvalue weighted by molar-refractivity contribution is -0.139. The van der Waals surface area contributed by atoms with Crippen LogP contribution in [-0.2, 0) is 9.53 Å². The number of thioether (sulfide) groups is 1. The highest BCUT2D eigenvalue weighted by atomic mass is 32.2. The Morgan fingerprint density at radius 3 is 2.78 bits per heavy atom. The summed E-state index contributed by atoms with van der Waals surface area (Å²) in [5.74, 6) is 0.0700. The molecule has 94 valence electrons. The molecule has 0 aromatic carbocycles. The van der Waals surface area contributed by atoms with E-state index in [0.29, 0.717) is 11.1 Å². The van der Waals surface area contributed by atoms with Crippen molar-refractivity contribution in [2.75, 3.05) is 7.11 Å². The van der Waals surface area contributed by atoms with E-state index in [1.54, 1.807) is 31.5 Å². The Hall–Kier alpha value is -1.89. The lowest BCUT2D eigenvalue weighted by Crippen LogP contribution is -2.14. The zero-order chi connectivity index (χ0) is 13.0. The third-order valence-electron chi connectivity index (χ3n) is 2.14. The largest absolute Gasteiger partial charge is 0.468 e. The van der Waals surface area contributed by atoms with Gasteiger partial charge in [-0.25, -0.2) is 0 Å². The highest BCUT2D eigenvalue weighted by molar-refractivity contribution is 8.00. The first kappa shape index (κ1) is 12.6. The van der Waals surface area contributed by atoms with E-state index in [9.17, 15) is 4.79 Å². The molecule has 0 bridgehead atoms. The molecule has 2 aromatic heterocycles. The molecule has 0 saturated heterocycles. The Morgan fingerprint density at radius 1 is 1.39 bits per heavy atom. The maximum absolute atomic E-state index is 11.3. The number of carbonyl (C=O) groups excluding carboxylic acids is 1. The predicted molar refractivity (Wildman–Crippen MR) is 64.9 cm³/mol. The molecule has 7 heteroatoms. The van der Waals surface area contributed by atoms with Crippen molar-refractivity contribution in [1.29, 1.82) is 0 Å². The average Bonchev–Trinajstić information content (AvgIpc) is 2.87. The molecule has 2 aromatic rings. The van der Waals surface area contributed by atoms with Crippen LogP contribution in [0.5, 0.6) is 0 Å². The highest BCUT2D eigenvalue weighted by Gasteiger charge is 2.18. The van der Waals surface area contributed by atoms with Gasteiger partial charge >= 0.3 is 5.97 Å². The Morgan fingerprint density at radius 2 is 2.11 bits per heavy atom. The molecule has 0 spiro atoms. The zero-order valence-electron chi connectivity index (χ0n) is 9.86. The maximum Gasteiger partial charge on any atom is 0.319 e. The molecule has 0 amide bonds. The second-order valence-electron chi connectivity index (χ2n) is 3.39. The van der Waals surface area contributed by atoms with Crippen molar-refractivity contribution in [3.05, 3.63) is 24.5 Å². The van der Waals surface area contributed by atoms with Crippen molar-refractivity contribution >= 4 is 17.7 Å². The van der Waals surface area contributed by atoms with Crippen LogP contribution in [-0.4, -0.2) is 33.5 Å². The van der Waals surface area contributed by atoms with E-state index in [2.05, 4.69) is 19.9 Å². The smallest absolute Gasteiger partial charge is 0.319 e. The van der Waals surface area contributed by atoms with Crippen LogP contribution in [0.15, 0.2) is 34.2 Å². The molecule has 1 atom stereocenters. The van der Waals surface area contributed by atoms with Crippen LogP contribution in [0.2, 0.25) is 0 Å². The van der Waals surface area contributed by atoms with Crippen molar-refractivity contribution in [2.24, 2.45) is 0 Å². The summed E-state index contributed by atoms with van der Waals surface area (Å²) >= 11 is 1.16. The van der Waals surface area contributed by atoms with E-state index in [1.807, 2.05) is 0 Å². The zero-order valence-corrected chi connectivity index (χ0v) is 10.7. The molecule has 0 fully saturated rings. The molecule has 2 heterocycles. The summed E-state index contributed by atoms with van der Waals surface area (Å²) in [5, 5.41) is 7.72. The SMILES string of the molecule is COC(=O)[C@H](C)Sc1nnc(-c2ccncc2)o1. The molecule has 0 aliphatic heterocycles. The summed E-state index contributed by atoms with van der Waals surface area (Å²) in [7, 11) is 1.34. The third-order valence-corrected chi connectivity index (χ3v) is 3.06. The van der Waals surface area contributed by atoms with Crippen LogP contribution in [0.1, 0.15) is 6.92 Å². The Balaban J connectivity index is 2.09. The number of aromatic nitrogens is 3. The molecule has 0 saturated carbocycles. The molecular weight excluding hydrogens is 254 g/mol. The Kier molecular flexibility index (Phi) is 3.93. The van der Waals surface area contributed by atoms with Crippen molar-refractivity contribution in [3.8, 4) is 11.5 Å². The second-order valence-corrected chi connectivity index (χ2v) is 4.68. The fourth-order valence-corrected chi connectivity index (χ4v) is 1.94. The van der Waals surface area contributed by atoms with Gasteiger partial charge in [0.05, 0.1) is 7.11 Å². The monoisotopic (exact) mass is 265 g/mol. The maximum atomic E-state index is 11.3. The van der Waals surface area contributed by atoms with Crippen molar-refractivity contribution in [3.63, 3.8) is 0 Å². The lowest BCUT2D eigenvalue weighted by Gasteiger charge is -2.04. The standard InChI is InChI=1S/C11H11N3O3S/c1-7(10(15)16-2)18-11-14-13-9(17-11)8-3-5-12-6-4-8/h3-7H,1-2H3/t7-/m0/s1. The second kappa shape index (κ2) is 5.63. The van der Waals surface area contributed by atoms with E-state index in [1.165, 1.54) is 7.11 Å². The van der Waals surface area contributed by atoms with Crippen molar-refractivity contribution in [2.45, 2.75) is 17.4 Å². The normalized spacial score (nSPS) is 12.1. The molecule has 18 heavy (non-hydrogen) atoms. The number of hydrogen-bond donors (Lipinski definition) is 0. The first-order valence-corrected chi connectivity index (χ1v) is 6.07. The van der Waals surface area contributed by atoms with Gasteiger partial charge < -0.3 is 9.15 Å². The van der Waals surface area contributed by atoms with Gasteiger partial charge in [-0.15, -0.1) is 10.2 Å². The van der Waals surface area contributed by atoms with Gasteiger partial charge in [-0.2, -0.15) is 0 Å². The summed E-state index contributed by atoms with van der Waals surface area (Å²) in [4.78, 5) is 15.2. The average molecular weight is 265 g/mol. The number of ether oxygens (including phenoxy) is 1. The molecule has 6 nitrogen and oxygen atoms in total. The van der Waals surface area contributed by atoms with Gasteiger partial charge in [0.2, 0.25) is 5.89 Å². The predicted octanol–water partition coefficient (Wildman–Crippen LogP) is 1.79. The van der Waals surface area contributed by atoms with Crippen LogP contribution in [0.3, 0.4) is 0 Å². The number of hydrogen-bond acceptors (Lipinski definition) is 7. The fraction of sp³-hybridized carbons (Fsp3) is 0.273. The first-order valence-electron chi connectivity index (χ1n) is 5.19. The summed E-state index contributed by atoms with van der Waals surface area (Å²) in [5.41, 5.74) is 0.787. The van der Waals surface area contributed by atoms with Crippen LogP contribution in [0.4, 0.5) is 0 Å². The van der Waals surface area contributed by atoms with Crippen LogP contribution >= 0.6 is 11.8 Å². The Bertz CT molecular complexity index is 529. The van der Waals surface area contributed by atoms with E-state index in [4.69, 9.17) is 4.42 Å². The van der Waals surface area contributed by atoms with Crippen molar-refractivity contribution in [1.82, 2.24) is 15.2 Å². The summed E-state index contributed by atoms with van der Waals surface area (Å²) in [6.07, 6.45) is 3.28. The van der Waals surface area contributed by atoms with Gasteiger partial charge in [-0.3, -0.25) is 9.78 Å². The molecule has 0 aliphatic rings. The van der Waals surface area contributed by atoms with E-state index < -0.39 is 0 Å². The number of nitrogens with zero attached hydrogens (tertiary/aromatic N) is 3. The first-order chi connectivity index (χ1) is 8.70. The van der Waals surface area contributed by atoms with Gasteiger partial charge in [-0.05, 0) is 19.1 Å². The highest BCUT2D eigenvalue weighted by Crippen LogP contribution is 2.26. The summed E-state index contributed by atoms with van der Waals surface area (Å²) in [6, 6.07) is 3.54. The van der Waals surface area contributed by atoms with Gasteiger partial charge in [0.15, 0.2) is 0 Å². The molecule has 0 N–H and O–H groups in total. The fourth-order valence-electron chi connectivity index (χ4n) is 1.23. The van der Waals surface area contributed by atoms with E-state index in [-0.39, 0.29) is 11.2 Å². The topological polar surface area (TPSA) is 78.1 Å². The van der Waals surface area contributed by atoms with Gasteiger partial charge in [0.25, 0.3) is 5.22 Å². The van der Waals surface area contributed by atoms with E-state index in [0.717, 1.165) is 17.3 Å². The number of esters is 1. The van der Waals surface area contributed by atoms with E-state index >= 15 is 0 Å². The Labute approximate surface area is 108 Å². The molecule has 0 unspecified atom stereocenters.